The number of anilines is 2. The Hall–Kier alpha value is -3.09. The molecule has 0 aliphatic heterocycles. The summed E-state index contributed by atoms with van der Waals surface area (Å²) in [6.07, 6.45) is 0.200. The van der Waals surface area contributed by atoms with Gasteiger partial charge in [-0.2, -0.15) is 0 Å². The van der Waals surface area contributed by atoms with E-state index < -0.39 is 6.09 Å². The van der Waals surface area contributed by atoms with Gasteiger partial charge in [0.25, 0.3) is 0 Å². The van der Waals surface area contributed by atoms with E-state index in [1.165, 1.54) is 12.1 Å². The first-order chi connectivity index (χ1) is 13.0. The van der Waals surface area contributed by atoms with Gasteiger partial charge in [-0.05, 0) is 50.1 Å². The number of hydrogen-bond donors (Lipinski definition) is 2. The van der Waals surface area contributed by atoms with Gasteiger partial charge in [0.2, 0.25) is 5.91 Å². The largest absolute Gasteiger partial charge is 0.493 e. The summed E-state index contributed by atoms with van der Waals surface area (Å²) in [5.41, 5.74) is 1.91. The summed E-state index contributed by atoms with van der Waals surface area (Å²) in [4.78, 5) is 23.7. The Bertz CT molecular complexity index is 795. The molecule has 0 radical (unpaired) electrons. The van der Waals surface area contributed by atoms with Gasteiger partial charge in [-0.3, -0.25) is 10.1 Å². The third-order valence-electron chi connectivity index (χ3n) is 3.73. The lowest BCUT2D eigenvalue weighted by atomic mass is 10.1. The van der Waals surface area contributed by atoms with Crippen molar-refractivity contribution in [1.82, 2.24) is 0 Å². The Morgan fingerprint density at radius 1 is 1.07 bits per heavy atom. The predicted molar refractivity (Wildman–Crippen MR) is 102 cm³/mol. The number of benzene rings is 2. The second-order valence-electron chi connectivity index (χ2n) is 5.78. The zero-order chi connectivity index (χ0) is 19.6. The lowest BCUT2D eigenvalue weighted by Crippen LogP contribution is -2.16. The average Bonchev–Trinajstić information content (AvgIpc) is 2.62. The second kappa shape index (κ2) is 10.2. The van der Waals surface area contributed by atoms with Gasteiger partial charge in [0.15, 0.2) is 0 Å². The van der Waals surface area contributed by atoms with E-state index in [1.54, 1.807) is 44.2 Å². The summed E-state index contributed by atoms with van der Waals surface area (Å²) in [7, 11) is 0. The molecule has 2 N–H and O–H groups in total. The van der Waals surface area contributed by atoms with Crippen LogP contribution in [0.2, 0.25) is 0 Å². The van der Waals surface area contributed by atoms with E-state index in [0.29, 0.717) is 30.2 Å². The highest BCUT2D eigenvalue weighted by atomic mass is 19.1. The number of amides is 2. The monoisotopic (exact) mass is 374 g/mol. The van der Waals surface area contributed by atoms with Crippen LogP contribution in [0, 0.1) is 12.7 Å². The molecule has 0 fully saturated rings. The van der Waals surface area contributed by atoms with Crippen molar-refractivity contribution >= 4 is 23.4 Å². The SMILES string of the molecule is CCOC(=O)Nc1cccc(NC(=O)CCCOc2cccc(F)c2)c1C. The van der Waals surface area contributed by atoms with Gasteiger partial charge >= 0.3 is 6.09 Å². The second-order valence-corrected chi connectivity index (χ2v) is 5.78. The molecule has 0 saturated carbocycles. The number of ether oxygens (including phenoxy) is 2. The number of hydrogen-bond acceptors (Lipinski definition) is 4. The molecule has 2 rings (SSSR count). The lowest BCUT2D eigenvalue weighted by Gasteiger charge is -2.13. The third kappa shape index (κ3) is 6.62. The molecule has 0 atom stereocenters. The minimum absolute atomic E-state index is 0.172. The number of halogens is 1. The third-order valence-corrected chi connectivity index (χ3v) is 3.73. The predicted octanol–water partition coefficient (Wildman–Crippen LogP) is 4.50. The zero-order valence-electron chi connectivity index (χ0n) is 15.4. The molecule has 27 heavy (non-hydrogen) atoms. The molecule has 7 heteroatoms. The smallest absolute Gasteiger partial charge is 0.411 e. The van der Waals surface area contributed by atoms with Crippen LogP contribution in [-0.4, -0.2) is 25.2 Å². The van der Waals surface area contributed by atoms with Crippen LogP contribution < -0.4 is 15.4 Å². The normalized spacial score (nSPS) is 10.2. The van der Waals surface area contributed by atoms with Gasteiger partial charge in [0.1, 0.15) is 11.6 Å². The van der Waals surface area contributed by atoms with Gasteiger partial charge < -0.3 is 14.8 Å². The molecule has 2 amide bonds. The lowest BCUT2D eigenvalue weighted by molar-refractivity contribution is -0.116. The Labute approximate surface area is 157 Å². The summed E-state index contributed by atoms with van der Waals surface area (Å²) < 4.78 is 23.3. The van der Waals surface area contributed by atoms with E-state index >= 15 is 0 Å². The number of nitrogens with one attached hydrogen (secondary N) is 2. The van der Waals surface area contributed by atoms with Crippen LogP contribution in [0.4, 0.5) is 20.6 Å². The van der Waals surface area contributed by atoms with Crippen molar-refractivity contribution in [2.45, 2.75) is 26.7 Å². The molecule has 0 saturated heterocycles. The molecule has 0 bridgehead atoms. The first kappa shape index (κ1) is 20.2. The molecule has 0 spiro atoms. The van der Waals surface area contributed by atoms with E-state index in [2.05, 4.69) is 10.6 Å². The standard InChI is InChI=1S/C20H23FN2O4/c1-3-26-20(25)23-18-10-5-9-17(14(18)2)22-19(24)11-6-12-27-16-8-4-7-15(21)13-16/h4-5,7-10,13H,3,6,11-12H2,1-2H3,(H,22,24)(H,23,25). The summed E-state index contributed by atoms with van der Waals surface area (Å²) in [5.74, 6) is -0.102. The maximum atomic E-state index is 13.1. The molecule has 0 unspecified atom stereocenters. The molecule has 0 aliphatic carbocycles. The highest BCUT2D eigenvalue weighted by molar-refractivity contribution is 5.94. The van der Waals surface area contributed by atoms with Crippen LogP contribution in [-0.2, 0) is 9.53 Å². The Balaban J connectivity index is 1.82. The quantitative estimate of drug-likeness (QED) is 0.667. The fourth-order valence-corrected chi connectivity index (χ4v) is 2.38. The molecule has 0 aliphatic rings. The van der Waals surface area contributed by atoms with Crippen LogP contribution in [0.3, 0.4) is 0 Å². The van der Waals surface area contributed by atoms with Gasteiger partial charge in [0.05, 0.1) is 13.2 Å². The van der Waals surface area contributed by atoms with Gasteiger partial charge in [0, 0.05) is 23.9 Å². The van der Waals surface area contributed by atoms with E-state index in [4.69, 9.17) is 9.47 Å². The molecule has 144 valence electrons. The number of carbonyl (C=O) groups excluding carboxylic acids is 2. The molecular formula is C20H23FN2O4. The molecule has 0 heterocycles. The minimum Gasteiger partial charge on any atom is -0.493 e. The fourth-order valence-electron chi connectivity index (χ4n) is 2.38. The van der Waals surface area contributed by atoms with Crippen LogP contribution >= 0.6 is 0 Å². The van der Waals surface area contributed by atoms with Gasteiger partial charge in [-0.1, -0.05) is 12.1 Å². The van der Waals surface area contributed by atoms with Crippen molar-refractivity contribution in [3.63, 3.8) is 0 Å². The van der Waals surface area contributed by atoms with Crippen molar-refractivity contribution < 1.29 is 23.5 Å². The van der Waals surface area contributed by atoms with Crippen LogP contribution in [0.15, 0.2) is 42.5 Å². The first-order valence-electron chi connectivity index (χ1n) is 8.71. The van der Waals surface area contributed by atoms with Crippen LogP contribution in [0.25, 0.3) is 0 Å². The summed E-state index contributed by atoms with van der Waals surface area (Å²) >= 11 is 0. The maximum Gasteiger partial charge on any atom is 0.411 e. The molecule has 0 aromatic heterocycles. The molecular weight excluding hydrogens is 351 g/mol. The van der Waals surface area contributed by atoms with Crippen LogP contribution in [0.1, 0.15) is 25.3 Å². The first-order valence-corrected chi connectivity index (χ1v) is 8.71. The summed E-state index contributed by atoms with van der Waals surface area (Å²) in [5, 5.41) is 5.45. The van der Waals surface area contributed by atoms with E-state index in [-0.39, 0.29) is 24.8 Å². The van der Waals surface area contributed by atoms with Crippen molar-refractivity contribution in [3.8, 4) is 5.75 Å². The number of carbonyl (C=O) groups is 2. The van der Waals surface area contributed by atoms with E-state index in [0.717, 1.165) is 5.56 Å². The highest BCUT2D eigenvalue weighted by Gasteiger charge is 2.10. The maximum absolute atomic E-state index is 13.1. The highest BCUT2D eigenvalue weighted by Crippen LogP contribution is 2.23. The fraction of sp³-hybridized carbons (Fsp3) is 0.300. The average molecular weight is 374 g/mol. The number of rotatable bonds is 8. The van der Waals surface area contributed by atoms with Crippen molar-refractivity contribution in [2.75, 3.05) is 23.8 Å². The van der Waals surface area contributed by atoms with Crippen molar-refractivity contribution in [3.05, 3.63) is 53.8 Å². The Morgan fingerprint density at radius 3 is 2.48 bits per heavy atom. The molecule has 2 aromatic carbocycles. The van der Waals surface area contributed by atoms with Gasteiger partial charge in [-0.15, -0.1) is 0 Å². The van der Waals surface area contributed by atoms with Gasteiger partial charge in [-0.25, -0.2) is 9.18 Å². The molecule has 6 nitrogen and oxygen atoms in total. The topological polar surface area (TPSA) is 76.7 Å². The molecule has 2 aromatic rings. The van der Waals surface area contributed by atoms with Crippen molar-refractivity contribution in [2.24, 2.45) is 0 Å². The van der Waals surface area contributed by atoms with E-state index in [1.807, 2.05) is 0 Å². The van der Waals surface area contributed by atoms with Crippen LogP contribution in [0.5, 0.6) is 5.75 Å². The Kier molecular flexibility index (Phi) is 7.61. The summed E-state index contributed by atoms with van der Waals surface area (Å²) in [6.45, 7) is 4.10. The summed E-state index contributed by atoms with van der Waals surface area (Å²) in [6, 6.07) is 11.1. The van der Waals surface area contributed by atoms with Crippen molar-refractivity contribution in [1.29, 1.82) is 0 Å². The van der Waals surface area contributed by atoms with E-state index in [9.17, 15) is 14.0 Å². The minimum atomic E-state index is -0.543. The zero-order valence-corrected chi connectivity index (χ0v) is 15.4. The Morgan fingerprint density at radius 2 is 1.78 bits per heavy atom.